The van der Waals surface area contributed by atoms with E-state index in [-0.39, 0.29) is 22.4 Å². The average molecular weight is 511 g/mol. The number of benzene rings is 1. The van der Waals surface area contributed by atoms with Gasteiger partial charge in [0.05, 0.1) is 23.7 Å². The molecule has 1 aromatic rings. The van der Waals surface area contributed by atoms with Gasteiger partial charge in [-0.05, 0) is 51.3 Å². The van der Waals surface area contributed by atoms with Crippen molar-refractivity contribution in [2.75, 3.05) is 32.7 Å². The quantitative estimate of drug-likeness (QED) is 0.538. The highest BCUT2D eigenvalue weighted by atomic mass is 35.5. The Kier molecular flexibility index (Phi) is 6.15. The number of amidine groups is 1. The van der Waals surface area contributed by atoms with Crippen molar-refractivity contribution in [3.05, 3.63) is 46.5 Å². The lowest BCUT2D eigenvalue weighted by Crippen LogP contribution is -2.53. The summed E-state index contributed by atoms with van der Waals surface area (Å²) in [5.74, 6) is -0.407. The van der Waals surface area contributed by atoms with Crippen LogP contribution >= 0.6 is 11.6 Å². The molecular weight excluding hydrogens is 481 g/mol. The molecular formula is C24H30ClF3N6O. The minimum Gasteiger partial charge on any atom is -0.365 e. The zero-order chi connectivity index (χ0) is 25.0. The summed E-state index contributed by atoms with van der Waals surface area (Å²) in [5.41, 5.74) is -0.553. The van der Waals surface area contributed by atoms with Gasteiger partial charge in [0.2, 0.25) is 0 Å². The molecule has 35 heavy (non-hydrogen) atoms. The van der Waals surface area contributed by atoms with E-state index in [9.17, 15) is 18.0 Å². The second-order valence-corrected chi connectivity index (χ2v) is 10.5. The standard InChI is InChI=1S/C24H30ClF3N6O/c1-14(15-5-3-6-16(18(15)26)19(27)28)30-20-17-11-33(13-23(17,2)32-21(25)31-20)22(35)34-10-4-7-24(34)8-9-29-12-24/h3,5-6,14,19,29-30H,4,7-13H2,1-2H3,(H,31,32)/t14-,23?,24?/m1/s1. The molecule has 0 radical (unpaired) electrons. The molecule has 1 aromatic carbocycles. The van der Waals surface area contributed by atoms with Gasteiger partial charge in [0.25, 0.3) is 6.43 Å². The summed E-state index contributed by atoms with van der Waals surface area (Å²) in [7, 11) is 0. The van der Waals surface area contributed by atoms with Gasteiger partial charge in [0.15, 0.2) is 5.29 Å². The van der Waals surface area contributed by atoms with Gasteiger partial charge in [-0.1, -0.05) is 18.2 Å². The van der Waals surface area contributed by atoms with Gasteiger partial charge in [-0.15, -0.1) is 0 Å². The molecule has 3 saturated heterocycles. The number of amides is 2. The van der Waals surface area contributed by atoms with Crippen molar-refractivity contribution in [1.82, 2.24) is 25.8 Å². The summed E-state index contributed by atoms with van der Waals surface area (Å²) >= 11 is 6.32. The molecule has 4 aliphatic rings. The van der Waals surface area contributed by atoms with E-state index >= 15 is 0 Å². The fourth-order valence-corrected chi connectivity index (χ4v) is 6.25. The Morgan fingerprint density at radius 2 is 2.06 bits per heavy atom. The van der Waals surface area contributed by atoms with E-state index in [1.807, 2.05) is 11.8 Å². The van der Waals surface area contributed by atoms with Crippen LogP contribution in [0, 0.1) is 5.82 Å². The molecule has 190 valence electrons. The fraction of sp³-hybridized carbons (Fsp3) is 0.583. The summed E-state index contributed by atoms with van der Waals surface area (Å²) < 4.78 is 41.2. The van der Waals surface area contributed by atoms with Crippen LogP contribution in [0.2, 0.25) is 0 Å². The summed E-state index contributed by atoms with van der Waals surface area (Å²) in [5, 5.41) is 9.75. The maximum atomic E-state index is 14.8. The second-order valence-electron chi connectivity index (χ2n) is 10.1. The van der Waals surface area contributed by atoms with Gasteiger partial charge in [-0.2, -0.15) is 0 Å². The van der Waals surface area contributed by atoms with Crippen LogP contribution in [0.5, 0.6) is 0 Å². The van der Waals surface area contributed by atoms with Gasteiger partial charge in [-0.25, -0.2) is 23.0 Å². The molecule has 4 aliphatic heterocycles. The highest BCUT2D eigenvalue weighted by Crippen LogP contribution is 2.40. The number of rotatable bonds is 4. The number of carbonyl (C=O) groups excluding carboxylic acids is 1. The maximum Gasteiger partial charge on any atom is 0.320 e. The summed E-state index contributed by atoms with van der Waals surface area (Å²) in [6.07, 6.45) is 0.0325. The number of urea groups is 1. The van der Waals surface area contributed by atoms with Crippen molar-refractivity contribution in [3.8, 4) is 0 Å². The van der Waals surface area contributed by atoms with E-state index in [1.54, 1.807) is 11.8 Å². The van der Waals surface area contributed by atoms with Crippen LogP contribution in [0.15, 0.2) is 34.6 Å². The molecule has 3 N–H and O–H groups in total. The molecule has 0 aliphatic carbocycles. The third kappa shape index (κ3) is 4.14. The smallest absolute Gasteiger partial charge is 0.320 e. The maximum absolute atomic E-state index is 14.8. The molecule has 7 nitrogen and oxygen atoms in total. The number of alkyl halides is 2. The van der Waals surface area contributed by atoms with Crippen LogP contribution in [0.1, 0.15) is 56.7 Å². The van der Waals surface area contributed by atoms with E-state index in [0.29, 0.717) is 18.9 Å². The zero-order valence-electron chi connectivity index (χ0n) is 19.8. The Morgan fingerprint density at radius 1 is 1.29 bits per heavy atom. The van der Waals surface area contributed by atoms with Crippen molar-refractivity contribution in [2.24, 2.45) is 4.99 Å². The molecule has 3 atom stereocenters. The number of nitrogens with one attached hydrogen (secondary N) is 3. The van der Waals surface area contributed by atoms with Gasteiger partial charge >= 0.3 is 6.03 Å². The van der Waals surface area contributed by atoms with Crippen LogP contribution in [-0.4, -0.2) is 64.9 Å². The van der Waals surface area contributed by atoms with Gasteiger partial charge in [0, 0.05) is 30.8 Å². The van der Waals surface area contributed by atoms with E-state index < -0.39 is 29.4 Å². The fourth-order valence-electron chi connectivity index (χ4n) is 5.96. The van der Waals surface area contributed by atoms with Crippen LogP contribution < -0.4 is 16.0 Å². The number of carbonyl (C=O) groups is 1. The molecule has 11 heteroatoms. The first-order valence-electron chi connectivity index (χ1n) is 12.0. The van der Waals surface area contributed by atoms with Gasteiger partial charge in [0.1, 0.15) is 17.2 Å². The Morgan fingerprint density at radius 3 is 2.77 bits per heavy atom. The van der Waals surface area contributed by atoms with Crippen molar-refractivity contribution in [2.45, 2.75) is 56.7 Å². The molecule has 2 unspecified atom stereocenters. The number of fused-ring (bicyclic) bond motifs is 1. The molecule has 3 fully saturated rings. The number of halogens is 4. The summed E-state index contributed by atoms with van der Waals surface area (Å²) in [4.78, 5) is 22.0. The molecule has 1 spiro atoms. The number of hydrogen-bond acceptors (Lipinski definition) is 5. The lowest BCUT2D eigenvalue weighted by atomic mass is 9.94. The van der Waals surface area contributed by atoms with E-state index in [2.05, 4.69) is 20.9 Å². The third-order valence-electron chi connectivity index (χ3n) is 7.81. The minimum atomic E-state index is -2.90. The Hall–Kier alpha value is -2.46. The third-order valence-corrected chi connectivity index (χ3v) is 7.99. The van der Waals surface area contributed by atoms with Crippen molar-refractivity contribution in [1.29, 1.82) is 0 Å². The first-order chi connectivity index (χ1) is 16.6. The molecule has 0 aromatic heterocycles. The molecule has 4 heterocycles. The van der Waals surface area contributed by atoms with Crippen LogP contribution in [0.25, 0.3) is 0 Å². The number of likely N-dealkylation sites (tertiary alicyclic amines) is 2. The Labute approximate surface area is 207 Å². The summed E-state index contributed by atoms with van der Waals surface area (Å²) in [6.45, 7) is 6.77. The van der Waals surface area contributed by atoms with E-state index in [1.165, 1.54) is 12.1 Å². The highest BCUT2D eigenvalue weighted by Gasteiger charge is 2.51. The van der Waals surface area contributed by atoms with Gasteiger partial charge in [-0.3, -0.25) is 0 Å². The zero-order valence-corrected chi connectivity index (χ0v) is 20.6. The number of hydrogen-bond donors (Lipinski definition) is 3. The van der Waals surface area contributed by atoms with Crippen molar-refractivity contribution < 1.29 is 18.0 Å². The topological polar surface area (TPSA) is 72.0 Å². The van der Waals surface area contributed by atoms with Crippen LogP contribution in [0.3, 0.4) is 0 Å². The number of aliphatic imine (C=N–C) groups is 1. The van der Waals surface area contributed by atoms with Crippen LogP contribution in [0.4, 0.5) is 18.0 Å². The predicted molar refractivity (Wildman–Crippen MR) is 128 cm³/mol. The Bertz CT molecular complexity index is 1080. The molecule has 0 bridgehead atoms. The lowest BCUT2D eigenvalue weighted by molar-refractivity contribution is 0.124. The van der Waals surface area contributed by atoms with Crippen molar-refractivity contribution in [3.63, 3.8) is 0 Å². The van der Waals surface area contributed by atoms with E-state index in [4.69, 9.17) is 11.6 Å². The summed E-state index contributed by atoms with van der Waals surface area (Å²) in [6, 6.07) is 3.34. The lowest BCUT2D eigenvalue weighted by Gasteiger charge is -2.37. The highest BCUT2D eigenvalue weighted by molar-refractivity contribution is 6.65. The van der Waals surface area contributed by atoms with Crippen LogP contribution in [-0.2, 0) is 0 Å². The van der Waals surface area contributed by atoms with Gasteiger partial charge < -0.3 is 25.8 Å². The molecule has 0 saturated carbocycles. The molecule has 5 rings (SSSR count). The van der Waals surface area contributed by atoms with E-state index in [0.717, 1.165) is 50.5 Å². The monoisotopic (exact) mass is 510 g/mol. The Balaban J connectivity index is 1.40. The largest absolute Gasteiger partial charge is 0.365 e. The minimum absolute atomic E-state index is 0.0104. The first-order valence-corrected chi connectivity index (χ1v) is 12.4. The number of nitrogens with zero attached hydrogens (tertiary/aromatic N) is 3. The molecule has 2 amide bonds. The first kappa shape index (κ1) is 24.2. The second kappa shape index (κ2) is 8.89. The predicted octanol–water partition coefficient (Wildman–Crippen LogP) is 3.85. The normalized spacial score (nSPS) is 29.1. The SMILES string of the molecule is C[C@@H](NC1=C2CN(C(=O)N3CCCC34CCNC4)CC2(C)N=C(Cl)N1)c1cccc(C(F)F)c1F. The van der Waals surface area contributed by atoms with Crippen molar-refractivity contribution >= 4 is 22.9 Å². The average Bonchev–Trinajstić information content (AvgIpc) is 3.52.